The Kier molecular flexibility index (Phi) is 4.92. The summed E-state index contributed by atoms with van der Waals surface area (Å²) in [6, 6.07) is 11.2. The molecule has 0 saturated heterocycles. The van der Waals surface area contributed by atoms with Crippen LogP contribution >= 0.6 is 23.4 Å². The Morgan fingerprint density at radius 2 is 1.82 bits per heavy atom. The first-order valence-corrected chi connectivity index (χ1v) is 7.80. The highest BCUT2D eigenvalue weighted by atomic mass is 35.5. The van der Waals surface area contributed by atoms with Crippen LogP contribution in [0.4, 0.5) is 5.69 Å². The fourth-order valence-electron chi connectivity index (χ4n) is 1.96. The van der Waals surface area contributed by atoms with Crippen LogP contribution in [0.2, 0.25) is 5.02 Å². The molecule has 0 spiro atoms. The van der Waals surface area contributed by atoms with Gasteiger partial charge in [0.2, 0.25) is 0 Å². The maximum absolute atomic E-state index is 9.41. The fourth-order valence-corrected chi connectivity index (χ4v) is 3.05. The fraction of sp³-hybridized carbons (Fsp3) is 0.188. The highest BCUT2D eigenvalue weighted by Crippen LogP contribution is 2.37. The van der Waals surface area contributed by atoms with Crippen molar-refractivity contribution < 1.29 is 0 Å². The third-order valence-electron chi connectivity index (χ3n) is 2.90. The van der Waals surface area contributed by atoms with Gasteiger partial charge in [0, 0.05) is 10.8 Å². The maximum Gasteiger partial charge on any atom is 0.117 e. The molecule has 1 aromatic carbocycles. The van der Waals surface area contributed by atoms with Crippen molar-refractivity contribution in [3.05, 3.63) is 40.4 Å². The molecule has 1 aromatic heterocycles. The van der Waals surface area contributed by atoms with Gasteiger partial charge in [0.15, 0.2) is 0 Å². The lowest BCUT2D eigenvalue weighted by Crippen LogP contribution is -2.04. The number of hydrogen-bond donors (Lipinski definition) is 1. The summed E-state index contributed by atoms with van der Waals surface area (Å²) >= 11 is 7.64. The van der Waals surface area contributed by atoms with E-state index < -0.39 is 0 Å². The molecule has 0 radical (unpaired) electrons. The smallest absolute Gasteiger partial charge is 0.117 e. The molecule has 2 N–H and O–H groups in total. The molecule has 0 aliphatic heterocycles. The third-order valence-corrected chi connectivity index (χ3v) is 4.22. The molecule has 0 aliphatic rings. The number of anilines is 1. The number of nitriles is 2. The summed E-state index contributed by atoms with van der Waals surface area (Å²) < 4.78 is 0. The molecule has 1 heterocycles. The van der Waals surface area contributed by atoms with Gasteiger partial charge < -0.3 is 5.73 Å². The normalized spacial score (nSPS) is 10.3. The Labute approximate surface area is 138 Å². The van der Waals surface area contributed by atoms with Gasteiger partial charge in [-0.25, -0.2) is 4.98 Å². The van der Waals surface area contributed by atoms with E-state index in [0.717, 1.165) is 0 Å². The van der Waals surface area contributed by atoms with Crippen molar-refractivity contribution in [2.24, 2.45) is 0 Å². The van der Waals surface area contributed by atoms with Crippen LogP contribution < -0.4 is 5.73 Å². The van der Waals surface area contributed by atoms with E-state index in [1.807, 2.05) is 32.1 Å². The average Bonchev–Trinajstić information content (AvgIpc) is 2.47. The number of halogens is 1. The zero-order valence-electron chi connectivity index (χ0n) is 12.1. The molecule has 0 fully saturated rings. The lowest BCUT2D eigenvalue weighted by atomic mass is 10.0. The molecular weight excluding hydrogens is 316 g/mol. The third kappa shape index (κ3) is 3.01. The van der Waals surface area contributed by atoms with Crippen LogP contribution in [-0.2, 0) is 0 Å². The second-order valence-corrected chi connectivity index (χ2v) is 6.77. The van der Waals surface area contributed by atoms with Crippen LogP contribution in [0.1, 0.15) is 25.0 Å². The summed E-state index contributed by atoms with van der Waals surface area (Å²) in [5.74, 6) is 0. The van der Waals surface area contributed by atoms with Gasteiger partial charge >= 0.3 is 0 Å². The van der Waals surface area contributed by atoms with E-state index in [2.05, 4.69) is 4.98 Å². The van der Waals surface area contributed by atoms with Gasteiger partial charge in [-0.15, -0.1) is 11.8 Å². The van der Waals surface area contributed by atoms with Crippen LogP contribution in [0.15, 0.2) is 29.3 Å². The Hall–Kier alpha value is -2.21. The standard InChI is InChI=1S/C16H13ClN4S/c1-9(2)22-16-12(8-19)14(20)11(7-18)15(21-16)10-5-3-4-6-13(10)17/h3-6,9H,1-2H3,(H2,20,21). The average molecular weight is 329 g/mol. The molecule has 0 atom stereocenters. The van der Waals surface area contributed by atoms with Crippen LogP contribution in [0.3, 0.4) is 0 Å². The highest BCUT2D eigenvalue weighted by molar-refractivity contribution is 7.99. The zero-order chi connectivity index (χ0) is 16.3. The quantitative estimate of drug-likeness (QED) is 0.852. The molecule has 0 aliphatic carbocycles. The minimum atomic E-state index is 0.151. The predicted molar refractivity (Wildman–Crippen MR) is 89.5 cm³/mol. The maximum atomic E-state index is 9.41. The summed E-state index contributed by atoms with van der Waals surface area (Å²) in [4.78, 5) is 4.50. The van der Waals surface area contributed by atoms with Gasteiger partial charge in [0.1, 0.15) is 28.3 Å². The summed E-state index contributed by atoms with van der Waals surface area (Å²) in [6.45, 7) is 3.99. The highest BCUT2D eigenvalue weighted by Gasteiger charge is 2.21. The Morgan fingerprint density at radius 1 is 1.18 bits per heavy atom. The zero-order valence-corrected chi connectivity index (χ0v) is 13.7. The van der Waals surface area contributed by atoms with Crippen molar-refractivity contribution in [1.82, 2.24) is 4.98 Å². The van der Waals surface area contributed by atoms with Crippen LogP contribution in [0.5, 0.6) is 0 Å². The summed E-state index contributed by atoms with van der Waals surface area (Å²) in [5.41, 5.74) is 7.64. The number of thioether (sulfide) groups is 1. The number of rotatable bonds is 3. The SMILES string of the molecule is CC(C)Sc1nc(-c2ccccc2Cl)c(C#N)c(N)c1C#N. The van der Waals surface area contributed by atoms with Gasteiger partial charge in [-0.05, 0) is 6.07 Å². The number of pyridine rings is 1. The van der Waals surface area contributed by atoms with Crippen LogP contribution in [0, 0.1) is 22.7 Å². The molecule has 2 rings (SSSR count). The number of aromatic nitrogens is 1. The molecule has 0 amide bonds. The second-order valence-electron chi connectivity index (χ2n) is 4.80. The number of nitrogens with two attached hydrogens (primary N) is 1. The van der Waals surface area contributed by atoms with Gasteiger partial charge in [0.25, 0.3) is 0 Å². The van der Waals surface area contributed by atoms with Crippen LogP contribution in [0.25, 0.3) is 11.3 Å². The largest absolute Gasteiger partial charge is 0.396 e. The molecule has 110 valence electrons. The van der Waals surface area contributed by atoms with Crippen molar-refractivity contribution >= 4 is 29.1 Å². The van der Waals surface area contributed by atoms with Crippen molar-refractivity contribution in [3.8, 4) is 23.4 Å². The van der Waals surface area contributed by atoms with Crippen molar-refractivity contribution in [1.29, 1.82) is 10.5 Å². The number of nitrogens with zero attached hydrogens (tertiary/aromatic N) is 3. The van der Waals surface area contributed by atoms with Crippen molar-refractivity contribution in [2.45, 2.75) is 24.1 Å². The van der Waals surface area contributed by atoms with E-state index in [0.29, 0.717) is 21.3 Å². The minimum absolute atomic E-state index is 0.151. The van der Waals surface area contributed by atoms with Crippen molar-refractivity contribution in [3.63, 3.8) is 0 Å². The molecule has 0 bridgehead atoms. The minimum Gasteiger partial charge on any atom is -0.396 e. The van der Waals surface area contributed by atoms with Gasteiger partial charge in [-0.1, -0.05) is 43.6 Å². The van der Waals surface area contributed by atoms with Gasteiger partial charge in [0.05, 0.1) is 16.4 Å². The molecular formula is C16H13ClN4S. The van der Waals surface area contributed by atoms with E-state index in [1.54, 1.807) is 18.2 Å². The van der Waals surface area contributed by atoms with E-state index >= 15 is 0 Å². The Balaban J connectivity index is 2.80. The Morgan fingerprint density at radius 3 is 2.36 bits per heavy atom. The first-order chi connectivity index (χ1) is 10.5. The predicted octanol–water partition coefficient (Wildman–Crippen LogP) is 4.23. The first-order valence-electron chi connectivity index (χ1n) is 6.54. The summed E-state index contributed by atoms with van der Waals surface area (Å²) in [5, 5.41) is 20.0. The van der Waals surface area contributed by atoms with Gasteiger partial charge in [-0.2, -0.15) is 10.5 Å². The monoisotopic (exact) mass is 328 g/mol. The number of nitrogen functional groups attached to an aromatic ring is 1. The molecule has 0 unspecified atom stereocenters. The molecule has 22 heavy (non-hydrogen) atoms. The van der Waals surface area contributed by atoms with E-state index in [9.17, 15) is 10.5 Å². The second kappa shape index (κ2) is 6.70. The molecule has 2 aromatic rings. The molecule has 4 nitrogen and oxygen atoms in total. The number of hydrogen-bond acceptors (Lipinski definition) is 5. The van der Waals surface area contributed by atoms with Gasteiger partial charge in [-0.3, -0.25) is 0 Å². The van der Waals surface area contributed by atoms with E-state index in [1.165, 1.54) is 11.8 Å². The summed E-state index contributed by atoms with van der Waals surface area (Å²) in [6.07, 6.45) is 0. The van der Waals surface area contributed by atoms with Crippen molar-refractivity contribution in [2.75, 3.05) is 5.73 Å². The lowest BCUT2D eigenvalue weighted by Gasteiger charge is -2.14. The number of benzene rings is 1. The van der Waals surface area contributed by atoms with Crippen LogP contribution in [-0.4, -0.2) is 10.2 Å². The van der Waals surface area contributed by atoms with E-state index in [4.69, 9.17) is 17.3 Å². The topological polar surface area (TPSA) is 86.5 Å². The molecule has 6 heteroatoms. The first kappa shape index (κ1) is 16.2. The summed E-state index contributed by atoms with van der Waals surface area (Å²) in [7, 11) is 0. The Bertz CT molecular complexity index is 803. The van der Waals surface area contributed by atoms with E-state index in [-0.39, 0.29) is 22.1 Å². The molecule has 0 saturated carbocycles. The lowest BCUT2D eigenvalue weighted by molar-refractivity contribution is 1.06.